The van der Waals surface area contributed by atoms with Crippen LogP contribution in [0.2, 0.25) is 0 Å². The van der Waals surface area contributed by atoms with E-state index in [9.17, 15) is 13.2 Å². The lowest BCUT2D eigenvalue weighted by atomic mass is 9.96. The molecule has 0 spiro atoms. The Labute approximate surface area is 197 Å². The van der Waals surface area contributed by atoms with Crippen molar-refractivity contribution in [3.63, 3.8) is 0 Å². The van der Waals surface area contributed by atoms with Crippen LogP contribution >= 0.6 is 11.3 Å². The van der Waals surface area contributed by atoms with Gasteiger partial charge in [-0.05, 0) is 43.6 Å². The van der Waals surface area contributed by atoms with Crippen LogP contribution in [0, 0.1) is 0 Å². The molecule has 1 N–H and O–H groups in total. The molecule has 0 radical (unpaired) electrons. The first-order chi connectivity index (χ1) is 16.3. The van der Waals surface area contributed by atoms with Crippen molar-refractivity contribution in [1.29, 1.82) is 0 Å². The fourth-order valence-corrected chi connectivity index (χ4v) is 4.40. The molecule has 34 heavy (non-hydrogen) atoms. The highest BCUT2D eigenvalue weighted by atomic mass is 32.1. The summed E-state index contributed by atoms with van der Waals surface area (Å²) < 4.78 is 33.7. The highest BCUT2D eigenvalue weighted by Gasteiger charge is 2.38. The molecule has 0 unspecified atom stereocenters. The fourth-order valence-electron chi connectivity index (χ4n) is 3.75. The molecular weight excluding hydrogens is 467 g/mol. The number of hydrogen-bond donors (Lipinski definition) is 1. The molecule has 1 aliphatic rings. The van der Waals surface area contributed by atoms with E-state index in [2.05, 4.69) is 52.5 Å². The number of halogens is 3. The van der Waals surface area contributed by atoms with Gasteiger partial charge in [-0.2, -0.15) is 18.3 Å². The van der Waals surface area contributed by atoms with Crippen LogP contribution in [0.15, 0.2) is 60.2 Å². The van der Waals surface area contributed by atoms with Gasteiger partial charge in [-0.15, -0.1) is 11.3 Å². The number of aromatic nitrogens is 4. The second-order valence-corrected chi connectivity index (χ2v) is 8.81. The van der Waals surface area contributed by atoms with Crippen LogP contribution in [-0.4, -0.2) is 54.8 Å². The molecule has 0 saturated carbocycles. The van der Waals surface area contributed by atoms with Crippen LogP contribution in [-0.2, 0) is 11.3 Å². The summed E-state index contributed by atoms with van der Waals surface area (Å²) in [5.74, 6) is -1.33. The summed E-state index contributed by atoms with van der Waals surface area (Å²) in [6.07, 6.45) is 1.09. The van der Waals surface area contributed by atoms with Crippen molar-refractivity contribution in [3.8, 4) is 11.1 Å². The van der Waals surface area contributed by atoms with E-state index in [0.717, 1.165) is 49.5 Å². The fraction of sp³-hybridized carbons (Fsp3) is 0.304. The van der Waals surface area contributed by atoms with Gasteiger partial charge in [0.05, 0.1) is 6.54 Å². The van der Waals surface area contributed by atoms with Crippen LogP contribution in [0.1, 0.15) is 29.6 Å². The summed E-state index contributed by atoms with van der Waals surface area (Å²) in [6, 6.07) is 14.6. The topological polar surface area (TPSA) is 83.6 Å². The molecule has 4 heterocycles. The molecule has 0 atom stereocenters. The van der Waals surface area contributed by atoms with E-state index in [0.29, 0.717) is 5.92 Å². The largest absolute Gasteiger partial charge is 0.490 e. The molecule has 1 aromatic carbocycles. The summed E-state index contributed by atoms with van der Waals surface area (Å²) in [5, 5.41) is 15.2. The zero-order valence-corrected chi connectivity index (χ0v) is 18.8. The number of nitrogens with zero attached hydrogens (tertiary/aromatic N) is 5. The molecule has 0 amide bonds. The van der Waals surface area contributed by atoms with Crippen molar-refractivity contribution in [2.45, 2.75) is 31.5 Å². The number of carboxylic acids is 1. The van der Waals surface area contributed by atoms with Crippen LogP contribution in [0.4, 0.5) is 13.2 Å². The van der Waals surface area contributed by atoms with Crippen molar-refractivity contribution < 1.29 is 23.1 Å². The molecule has 0 aliphatic carbocycles. The van der Waals surface area contributed by atoms with Crippen molar-refractivity contribution in [1.82, 2.24) is 24.5 Å². The molecule has 3 aromatic heterocycles. The Balaban J connectivity index is 0.000000344. The molecule has 1 saturated heterocycles. The zero-order chi connectivity index (χ0) is 24.1. The van der Waals surface area contributed by atoms with E-state index in [4.69, 9.17) is 20.0 Å². The molecule has 4 aromatic rings. The number of fused-ring (bicyclic) bond motifs is 1. The highest BCUT2D eigenvalue weighted by Crippen LogP contribution is 2.28. The maximum atomic E-state index is 10.6. The number of benzene rings is 1. The number of thiazole rings is 1. The summed E-state index contributed by atoms with van der Waals surface area (Å²) in [4.78, 5) is 20.6. The summed E-state index contributed by atoms with van der Waals surface area (Å²) in [6.45, 7) is 3.12. The van der Waals surface area contributed by atoms with Crippen LogP contribution in [0.25, 0.3) is 16.8 Å². The lowest BCUT2D eigenvalue weighted by Gasteiger charge is -2.29. The molecule has 7 nitrogen and oxygen atoms in total. The maximum Gasteiger partial charge on any atom is 0.490 e. The van der Waals surface area contributed by atoms with Gasteiger partial charge in [-0.25, -0.2) is 19.3 Å². The molecule has 178 valence electrons. The average Bonchev–Trinajstić information content (AvgIpc) is 3.49. The number of carbonyl (C=O) groups is 1. The Morgan fingerprint density at radius 2 is 1.79 bits per heavy atom. The van der Waals surface area contributed by atoms with Gasteiger partial charge in [0, 0.05) is 29.3 Å². The monoisotopic (exact) mass is 489 g/mol. The summed E-state index contributed by atoms with van der Waals surface area (Å²) in [7, 11) is 0. The summed E-state index contributed by atoms with van der Waals surface area (Å²) in [5.41, 5.74) is 3.29. The first kappa shape index (κ1) is 23.8. The molecular formula is C23H22F3N5O2S. The van der Waals surface area contributed by atoms with Gasteiger partial charge in [0.2, 0.25) is 0 Å². The van der Waals surface area contributed by atoms with Crippen molar-refractivity contribution in [2.24, 2.45) is 0 Å². The molecule has 1 fully saturated rings. The Kier molecular flexibility index (Phi) is 7.23. The molecule has 0 bridgehead atoms. The van der Waals surface area contributed by atoms with E-state index in [-0.39, 0.29) is 0 Å². The third kappa shape index (κ3) is 5.97. The van der Waals surface area contributed by atoms with Gasteiger partial charge in [0.1, 0.15) is 5.01 Å². The molecule has 11 heteroatoms. The van der Waals surface area contributed by atoms with E-state index >= 15 is 0 Å². The Morgan fingerprint density at radius 3 is 2.41 bits per heavy atom. The third-order valence-corrected chi connectivity index (χ3v) is 6.26. The number of likely N-dealkylation sites (tertiary alicyclic amines) is 1. The van der Waals surface area contributed by atoms with Crippen LogP contribution in [0.3, 0.4) is 0 Å². The average molecular weight is 490 g/mol. The highest BCUT2D eigenvalue weighted by molar-refractivity contribution is 7.09. The number of hydrogen-bond acceptors (Lipinski definition) is 6. The van der Waals surface area contributed by atoms with Gasteiger partial charge < -0.3 is 5.11 Å². The van der Waals surface area contributed by atoms with E-state index in [1.54, 1.807) is 11.3 Å². The Bertz CT molecular complexity index is 1220. The maximum absolute atomic E-state index is 10.6. The standard InChI is InChI=1S/C21H21N5S.C2HF3O2/c1-2-4-16(5-3-1)18-6-7-19-23-21(24-26(19)14-18)17-8-11-25(12-9-17)15-20-22-10-13-27-20;3-2(4,5)1(6)7/h1-7,10,13-14,17H,8-9,11-12,15H2;(H,6,7). The lowest BCUT2D eigenvalue weighted by molar-refractivity contribution is -0.192. The van der Waals surface area contributed by atoms with Crippen molar-refractivity contribution in [2.75, 3.05) is 13.1 Å². The predicted molar refractivity (Wildman–Crippen MR) is 121 cm³/mol. The van der Waals surface area contributed by atoms with Gasteiger partial charge in [0.25, 0.3) is 0 Å². The summed E-state index contributed by atoms with van der Waals surface area (Å²) >= 11 is 1.74. The number of aliphatic carboxylic acids is 1. The van der Waals surface area contributed by atoms with E-state index in [1.807, 2.05) is 22.2 Å². The Hall–Kier alpha value is -3.31. The minimum Gasteiger partial charge on any atom is -0.475 e. The van der Waals surface area contributed by atoms with Gasteiger partial charge in [0.15, 0.2) is 11.5 Å². The lowest BCUT2D eigenvalue weighted by Crippen LogP contribution is -2.32. The van der Waals surface area contributed by atoms with E-state index < -0.39 is 12.1 Å². The predicted octanol–water partition coefficient (Wildman–Crippen LogP) is 4.87. The van der Waals surface area contributed by atoms with Crippen LogP contribution < -0.4 is 0 Å². The number of piperidine rings is 1. The van der Waals surface area contributed by atoms with Gasteiger partial charge in [-0.3, -0.25) is 4.90 Å². The second kappa shape index (κ2) is 10.3. The zero-order valence-electron chi connectivity index (χ0n) is 18.0. The quantitative estimate of drug-likeness (QED) is 0.441. The van der Waals surface area contributed by atoms with Gasteiger partial charge in [-0.1, -0.05) is 30.3 Å². The third-order valence-electron chi connectivity index (χ3n) is 5.49. The van der Waals surface area contributed by atoms with Crippen molar-refractivity contribution in [3.05, 3.63) is 71.1 Å². The first-order valence-corrected chi connectivity index (χ1v) is 11.5. The number of carboxylic acid groups (broad SMARTS) is 1. The SMILES string of the molecule is O=C(O)C(F)(F)F.c1ccc(-c2ccc3nc(C4CCN(Cc5nccs5)CC4)nn3c2)cc1. The normalized spacial score (nSPS) is 15.1. The molecule has 1 aliphatic heterocycles. The number of alkyl halides is 3. The van der Waals surface area contributed by atoms with Gasteiger partial charge >= 0.3 is 12.1 Å². The smallest absolute Gasteiger partial charge is 0.475 e. The Morgan fingerprint density at radius 1 is 1.09 bits per heavy atom. The van der Waals surface area contributed by atoms with Crippen molar-refractivity contribution >= 4 is 23.0 Å². The van der Waals surface area contributed by atoms with Crippen LogP contribution in [0.5, 0.6) is 0 Å². The minimum atomic E-state index is -5.08. The first-order valence-electron chi connectivity index (χ1n) is 10.6. The molecule has 5 rings (SSSR count). The minimum absolute atomic E-state index is 0.442. The number of pyridine rings is 1. The van der Waals surface area contributed by atoms with E-state index in [1.165, 1.54) is 10.6 Å². The second-order valence-electron chi connectivity index (χ2n) is 7.84. The number of rotatable bonds is 4.